The Labute approximate surface area is 172 Å². The zero-order valence-electron chi connectivity index (χ0n) is 15.9. The van der Waals surface area contributed by atoms with E-state index in [1.165, 1.54) is 11.0 Å². The van der Waals surface area contributed by atoms with Crippen LogP contribution in [0.25, 0.3) is 5.69 Å². The van der Waals surface area contributed by atoms with Crippen molar-refractivity contribution in [2.45, 2.75) is 0 Å². The van der Waals surface area contributed by atoms with E-state index in [0.717, 1.165) is 16.8 Å². The first-order valence-electron chi connectivity index (χ1n) is 9.23. The van der Waals surface area contributed by atoms with Crippen molar-refractivity contribution in [3.63, 3.8) is 0 Å². The summed E-state index contributed by atoms with van der Waals surface area (Å²) in [5.41, 5.74) is 5.78. The molecule has 0 aliphatic carbocycles. The second-order valence-electron chi connectivity index (χ2n) is 6.27. The average Bonchev–Trinajstić information content (AvgIpc) is 3.35. The van der Waals surface area contributed by atoms with Crippen molar-refractivity contribution in [1.82, 2.24) is 25.6 Å². The van der Waals surface area contributed by atoms with Crippen LogP contribution in [0.2, 0.25) is 0 Å². The third kappa shape index (κ3) is 4.74. The maximum Gasteiger partial charge on any atom is 0.277 e. The fourth-order valence-corrected chi connectivity index (χ4v) is 2.78. The van der Waals surface area contributed by atoms with E-state index in [9.17, 15) is 4.79 Å². The zero-order valence-corrected chi connectivity index (χ0v) is 15.9. The Morgan fingerprint density at radius 2 is 1.63 bits per heavy atom. The monoisotopic (exact) mass is 398 g/mol. The Kier molecular flexibility index (Phi) is 5.86. The molecule has 0 unspecified atom stereocenters. The molecule has 148 valence electrons. The molecule has 0 aliphatic rings. The summed E-state index contributed by atoms with van der Waals surface area (Å²) in [5.74, 6) is 0.153. The Hall–Kier alpha value is -4.33. The zero-order chi connectivity index (χ0) is 20.6. The van der Waals surface area contributed by atoms with Crippen LogP contribution in [0.5, 0.6) is 5.75 Å². The van der Waals surface area contributed by atoms with Gasteiger partial charge in [-0.05, 0) is 22.6 Å². The average molecular weight is 398 g/mol. The summed E-state index contributed by atoms with van der Waals surface area (Å²) in [4.78, 5) is 12.3. The van der Waals surface area contributed by atoms with Gasteiger partial charge in [0, 0.05) is 17.2 Å². The first kappa shape index (κ1) is 19.0. The number of rotatable bonds is 7. The maximum absolute atomic E-state index is 12.3. The molecule has 8 nitrogen and oxygen atoms in total. The molecule has 1 N–H and O–H groups in total. The number of ether oxygens (including phenoxy) is 1. The third-order valence-corrected chi connectivity index (χ3v) is 4.19. The van der Waals surface area contributed by atoms with Crippen LogP contribution in [0.15, 0.2) is 96.4 Å². The first-order valence-corrected chi connectivity index (χ1v) is 9.23. The van der Waals surface area contributed by atoms with Crippen LogP contribution < -0.4 is 10.2 Å². The van der Waals surface area contributed by atoms with Gasteiger partial charge in [0.05, 0.1) is 11.4 Å². The highest BCUT2D eigenvalue weighted by Crippen LogP contribution is 2.15. The van der Waals surface area contributed by atoms with Crippen LogP contribution in [-0.2, 0) is 4.79 Å². The quantitative estimate of drug-likeness (QED) is 0.381. The number of aromatic nitrogens is 4. The molecule has 4 aromatic rings. The van der Waals surface area contributed by atoms with E-state index in [1.54, 1.807) is 18.2 Å². The normalized spacial score (nSPS) is 10.3. The molecule has 0 spiro atoms. The van der Waals surface area contributed by atoms with Gasteiger partial charge in [-0.25, -0.2) is 10.1 Å². The van der Waals surface area contributed by atoms with Gasteiger partial charge in [-0.1, -0.05) is 66.7 Å². The van der Waals surface area contributed by atoms with Gasteiger partial charge in [0.2, 0.25) is 0 Å². The van der Waals surface area contributed by atoms with E-state index in [-0.39, 0.29) is 12.5 Å². The second-order valence-corrected chi connectivity index (χ2v) is 6.27. The van der Waals surface area contributed by atoms with Gasteiger partial charge < -0.3 is 4.74 Å². The van der Waals surface area contributed by atoms with Gasteiger partial charge >= 0.3 is 0 Å². The molecular formula is C22H18N6O2. The minimum absolute atomic E-state index is 0.181. The van der Waals surface area contributed by atoms with Crippen LogP contribution in [0, 0.1) is 0 Å². The van der Waals surface area contributed by atoms with Crippen molar-refractivity contribution in [1.29, 1.82) is 0 Å². The summed E-state index contributed by atoms with van der Waals surface area (Å²) in [7, 11) is 0. The second kappa shape index (κ2) is 9.24. The van der Waals surface area contributed by atoms with Crippen LogP contribution in [-0.4, -0.2) is 38.4 Å². The molecule has 0 saturated heterocycles. The number of nitrogens with zero attached hydrogens (tertiary/aromatic N) is 5. The molecule has 0 aliphatic heterocycles. The molecule has 0 saturated carbocycles. The van der Waals surface area contributed by atoms with E-state index in [2.05, 4.69) is 26.1 Å². The van der Waals surface area contributed by atoms with E-state index in [4.69, 9.17) is 4.74 Å². The topological polar surface area (TPSA) is 94.3 Å². The number of hydrogen-bond acceptors (Lipinski definition) is 6. The lowest BCUT2D eigenvalue weighted by molar-refractivity contribution is -0.123. The smallest absolute Gasteiger partial charge is 0.277 e. The molecule has 0 radical (unpaired) electrons. The number of nitrogens with one attached hydrogen (secondary N) is 1. The molecule has 8 heteroatoms. The fourth-order valence-electron chi connectivity index (χ4n) is 2.78. The van der Waals surface area contributed by atoms with Crippen molar-refractivity contribution in [3.05, 3.63) is 102 Å². The van der Waals surface area contributed by atoms with Crippen molar-refractivity contribution < 1.29 is 9.53 Å². The number of benzene rings is 3. The molecular weight excluding hydrogens is 380 g/mol. The summed E-state index contributed by atoms with van der Waals surface area (Å²) in [6.07, 6.45) is 1.48. The highest BCUT2D eigenvalue weighted by molar-refractivity contribution is 6.13. The third-order valence-electron chi connectivity index (χ3n) is 4.19. The Morgan fingerprint density at radius 3 is 2.27 bits per heavy atom. The maximum atomic E-state index is 12.3. The van der Waals surface area contributed by atoms with Crippen molar-refractivity contribution in [3.8, 4) is 11.4 Å². The number of hydrazone groups is 1. The Bertz CT molecular complexity index is 1090. The number of carbonyl (C=O) groups is 1. The Balaban J connectivity index is 1.44. The van der Waals surface area contributed by atoms with E-state index >= 15 is 0 Å². The number of hydrogen-bond donors (Lipinski definition) is 1. The largest absolute Gasteiger partial charge is 0.484 e. The standard InChI is InChI=1S/C22H18N6O2/c29-21(15-30-20-13-7-12-19(14-20)28-16-23-26-27-28)24-25-22(17-8-3-1-4-9-17)18-10-5-2-6-11-18/h1-14,16H,15H2,(H,24,29). The van der Waals surface area contributed by atoms with Crippen molar-refractivity contribution >= 4 is 11.6 Å². The summed E-state index contributed by atoms with van der Waals surface area (Å²) in [6.45, 7) is -0.181. The van der Waals surface area contributed by atoms with Crippen LogP contribution >= 0.6 is 0 Å². The van der Waals surface area contributed by atoms with Crippen LogP contribution in [0.4, 0.5) is 0 Å². The minimum Gasteiger partial charge on any atom is -0.484 e. The molecule has 1 amide bonds. The number of tetrazole rings is 1. The molecule has 4 rings (SSSR count). The first-order chi connectivity index (χ1) is 14.8. The number of carbonyl (C=O) groups excluding carboxylic acids is 1. The number of amides is 1. The summed E-state index contributed by atoms with van der Waals surface area (Å²) < 4.78 is 7.09. The molecule has 0 atom stereocenters. The molecule has 30 heavy (non-hydrogen) atoms. The molecule has 0 bridgehead atoms. The predicted molar refractivity (Wildman–Crippen MR) is 111 cm³/mol. The lowest BCUT2D eigenvalue weighted by atomic mass is 10.0. The van der Waals surface area contributed by atoms with E-state index in [0.29, 0.717) is 11.5 Å². The summed E-state index contributed by atoms with van der Waals surface area (Å²) in [5, 5.41) is 15.4. The Morgan fingerprint density at radius 1 is 0.933 bits per heavy atom. The molecule has 1 aromatic heterocycles. The predicted octanol–water partition coefficient (Wildman–Crippen LogP) is 2.61. The minimum atomic E-state index is -0.368. The lowest BCUT2D eigenvalue weighted by Gasteiger charge is -2.09. The van der Waals surface area contributed by atoms with Gasteiger partial charge in [0.25, 0.3) is 5.91 Å². The lowest BCUT2D eigenvalue weighted by Crippen LogP contribution is -2.26. The highest BCUT2D eigenvalue weighted by Gasteiger charge is 2.09. The van der Waals surface area contributed by atoms with E-state index in [1.807, 2.05) is 66.7 Å². The van der Waals surface area contributed by atoms with Crippen molar-refractivity contribution in [2.75, 3.05) is 6.61 Å². The van der Waals surface area contributed by atoms with Gasteiger partial charge in [-0.3, -0.25) is 4.79 Å². The molecule has 1 heterocycles. The molecule has 0 fully saturated rings. The van der Waals surface area contributed by atoms with Crippen molar-refractivity contribution in [2.24, 2.45) is 5.10 Å². The molecule has 3 aromatic carbocycles. The van der Waals surface area contributed by atoms with E-state index < -0.39 is 0 Å². The fraction of sp³-hybridized carbons (Fsp3) is 0.0455. The van der Waals surface area contributed by atoms with Gasteiger partial charge in [0.15, 0.2) is 6.61 Å². The van der Waals surface area contributed by atoms with Gasteiger partial charge in [0.1, 0.15) is 12.1 Å². The SMILES string of the molecule is O=C(COc1cccc(-n2cnnn2)c1)NN=C(c1ccccc1)c1ccccc1. The van der Waals surface area contributed by atoms with Gasteiger partial charge in [-0.2, -0.15) is 5.10 Å². The summed E-state index contributed by atoms with van der Waals surface area (Å²) >= 11 is 0. The van der Waals surface area contributed by atoms with Gasteiger partial charge in [-0.15, -0.1) is 5.10 Å². The van der Waals surface area contributed by atoms with Crippen LogP contribution in [0.3, 0.4) is 0 Å². The summed E-state index contributed by atoms with van der Waals surface area (Å²) in [6, 6.07) is 26.5. The van der Waals surface area contributed by atoms with Crippen LogP contribution in [0.1, 0.15) is 11.1 Å². The highest BCUT2D eigenvalue weighted by atomic mass is 16.5.